The lowest BCUT2D eigenvalue weighted by atomic mass is 9.90. The van der Waals surface area contributed by atoms with Gasteiger partial charge in [0.05, 0.1) is 48.6 Å². The highest BCUT2D eigenvalue weighted by atomic mass is 16.5. The Hall–Kier alpha value is -6.68. The number of nitrogens with zero attached hydrogens (tertiary/aromatic N) is 7. The summed E-state index contributed by atoms with van der Waals surface area (Å²) in [4.78, 5) is 2.27. The summed E-state index contributed by atoms with van der Waals surface area (Å²) < 4.78 is 5.59. The molecule has 226 valence electrons. The average Bonchev–Trinajstić information content (AvgIpc) is 3.53. The van der Waals surface area contributed by atoms with Crippen LogP contribution < -0.4 is 0 Å². The fourth-order valence-electron chi connectivity index (χ4n) is 5.54. The second-order valence-corrected chi connectivity index (χ2v) is 10.4. The molecule has 2 aliphatic rings. The number of hydrogen-bond donors (Lipinski definition) is 0. The van der Waals surface area contributed by atoms with E-state index in [-0.39, 0.29) is 22.3 Å². The minimum Gasteiger partial charge on any atom is -0.378 e. The van der Waals surface area contributed by atoms with Gasteiger partial charge in [0.2, 0.25) is 0 Å². The van der Waals surface area contributed by atoms with Gasteiger partial charge in [-0.15, -0.1) is 0 Å². The summed E-state index contributed by atoms with van der Waals surface area (Å²) in [6, 6.07) is 30.1. The van der Waals surface area contributed by atoms with Crippen LogP contribution in [0.25, 0.3) is 11.1 Å². The van der Waals surface area contributed by atoms with Gasteiger partial charge < -0.3 is 9.64 Å². The Morgan fingerprint density at radius 3 is 1.96 bits per heavy atom. The van der Waals surface area contributed by atoms with Gasteiger partial charge in [-0.3, -0.25) is 0 Å². The van der Waals surface area contributed by atoms with E-state index in [0.29, 0.717) is 43.0 Å². The van der Waals surface area contributed by atoms with E-state index in [1.165, 1.54) is 0 Å². The summed E-state index contributed by atoms with van der Waals surface area (Å²) >= 11 is 0. The van der Waals surface area contributed by atoms with Gasteiger partial charge in [0.25, 0.3) is 0 Å². The number of benzene rings is 2. The van der Waals surface area contributed by atoms with E-state index in [1.807, 2.05) is 48.6 Å². The van der Waals surface area contributed by atoms with Crippen molar-refractivity contribution in [3.8, 4) is 36.4 Å². The fraction of sp³-hybridized carbons (Fsp3) is 0.179. The SMILES string of the molecule is N#CC(C#N)=C(/C(C#N)=C/C=C/C1=C(N2CCOCC2)C(=C/C=C/C(C#N)=C(\c2ccccc2)C(C#N)C#N)/CC1)c1ccccc1. The van der Waals surface area contributed by atoms with E-state index in [1.54, 1.807) is 72.8 Å². The van der Waals surface area contributed by atoms with Crippen LogP contribution in [-0.4, -0.2) is 31.2 Å². The molecule has 0 saturated carbocycles. The van der Waals surface area contributed by atoms with Crippen molar-refractivity contribution in [2.24, 2.45) is 5.92 Å². The lowest BCUT2D eigenvalue weighted by molar-refractivity contribution is 0.0547. The third-order valence-corrected chi connectivity index (χ3v) is 7.69. The summed E-state index contributed by atoms with van der Waals surface area (Å²) in [5.41, 5.74) is 5.37. The van der Waals surface area contributed by atoms with Crippen molar-refractivity contribution in [3.63, 3.8) is 0 Å². The van der Waals surface area contributed by atoms with Crippen LogP contribution in [0.5, 0.6) is 0 Å². The Kier molecular flexibility index (Phi) is 12.0. The third kappa shape index (κ3) is 8.08. The van der Waals surface area contributed by atoms with E-state index in [4.69, 9.17) is 4.74 Å². The molecule has 2 aromatic rings. The van der Waals surface area contributed by atoms with Crippen molar-refractivity contribution >= 4 is 11.1 Å². The van der Waals surface area contributed by atoms with Gasteiger partial charge in [-0.2, -0.15) is 31.6 Å². The number of nitriles is 6. The maximum absolute atomic E-state index is 10.0. The number of morpholine rings is 1. The first-order valence-electron chi connectivity index (χ1n) is 14.9. The zero-order valence-corrected chi connectivity index (χ0v) is 25.6. The van der Waals surface area contributed by atoms with Crippen LogP contribution in [0.15, 0.2) is 131 Å². The quantitative estimate of drug-likeness (QED) is 0.217. The van der Waals surface area contributed by atoms with Crippen molar-refractivity contribution < 1.29 is 4.74 Å². The van der Waals surface area contributed by atoms with Gasteiger partial charge in [0.1, 0.15) is 17.7 Å². The monoisotopic (exact) mass is 611 g/mol. The minimum atomic E-state index is -1.10. The van der Waals surface area contributed by atoms with Gasteiger partial charge in [0.15, 0.2) is 5.92 Å². The van der Waals surface area contributed by atoms with Crippen LogP contribution >= 0.6 is 0 Å². The highest BCUT2D eigenvalue weighted by Crippen LogP contribution is 2.36. The van der Waals surface area contributed by atoms with Gasteiger partial charge in [-0.05, 0) is 47.3 Å². The van der Waals surface area contributed by atoms with Gasteiger partial charge in [-0.25, -0.2) is 0 Å². The molecule has 1 aliphatic heterocycles. The molecule has 0 bridgehead atoms. The number of hydrogen-bond acceptors (Lipinski definition) is 8. The van der Waals surface area contributed by atoms with Gasteiger partial charge >= 0.3 is 0 Å². The fourth-order valence-corrected chi connectivity index (χ4v) is 5.54. The average molecular weight is 612 g/mol. The lowest BCUT2D eigenvalue weighted by Gasteiger charge is -2.31. The second kappa shape index (κ2) is 17.0. The molecule has 0 radical (unpaired) electrons. The summed E-state index contributed by atoms with van der Waals surface area (Å²) in [5, 5.41) is 58.5. The summed E-state index contributed by atoms with van der Waals surface area (Å²) in [5.74, 6) is -1.10. The third-order valence-electron chi connectivity index (χ3n) is 7.69. The molecule has 1 aliphatic carbocycles. The van der Waals surface area contributed by atoms with E-state index in [0.717, 1.165) is 29.7 Å². The zero-order valence-electron chi connectivity index (χ0n) is 25.6. The maximum atomic E-state index is 10.0. The molecule has 4 rings (SSSR count). The van der Waals surface area contributed by atoms with Crippen LogP contribution in [0.2, 0.25) is 0 Å². The Morgan fingerprint density at radius 2 is 1.38 bits per heavy atom. The van der Waals surface area contributed by atoms with Crippen molar-refractivity contribution in [2.45, 2.75) is 12.8 Å². The van der Waals surface area contributed by atoms with Gasteiger partial charge in [-0.1, -0.05) is 85.0 Å². The summed E-state index contributed by atoms with van der Waals surface area (Å²) in [6.07, 6.45) is 12.2. The second-order valence-electron chi connectivity index (χ2n) is 10.4. The normalized spacial score (nSPS) is 16.2. The molecule has 0 N–H and O–H groups in total. The highest BCUT2D eigenvalue weighted by molar-refractivity contribution is 5.89. The first-order valence-corrected chi connectivity index (χ1v) is 14.9. The largest absolute Gasteiger partial charge is 0.378 e. The first kappa shape index (κ1) is 33.2. The lowest BCUT2D eigenvalue weighted by Crippen LogP contribution is -2.36. The Morgan fingerprint density at radius 1 is 0.745 bits per heavy atom. The Bertz CT molecular complexity index is 1930. The van der Waals surface area contributed by atoms with Crippen LogP contribution in [0.4, 0.5) is 0 Å². The molecule has 0 amide bonds. The molecule has 1 saturated heterocycles. The molecule has 8 heteroatoms. The molecule has 2 aromatic carbocycles. The smallest absolute Gasteiger partial charge is 0.160 e. The molecule has 1 heterocycles. The Labute approximate surface area is 275 Å². The molecule has 1 fully saturated rings. The van der Waals surface area contributed by atoms with Gasteiger partial charge in [0, 0.05) is 29.9 Å². The molecule has 0 atom stereocenters. The number of rotatable bonds is 9. The van der Waals surface area contributed by atoms with Crippen LogP contribution in [0, 0.1) is 73.9 Å². The van der Waals surface area contributed by atoms with Crippen LogP contribution in [-0.2, 0) is 4.74 Å². The standard InChI is InChI=1S/C39H29N7O/c40-23-33(37(35(25-42)26-43)29-9-3-1-4-10-29)15-7-13-31-17-18-32(39(31)46-19-21-47-22-20-46)14-8-16-34(24-41)38(36(27-44)28-45)30-11-5-2-6-12-30/h1-16,35H,17-22H2/b14-8+,15-7+,31-13+,34-16+,37-33-. The van der Waals surface area contributed by atoms with Crippen molar-refractivity contribution in [1.29, 1.82) is 31.6 Å². The minimum absolute atomic E-state index is 0.138. The predicted octanol–water partition coefficient (Wildman–Crippen LogP) is 7.00. The van der Waals surface area contributed by atoms with Crippen molar-refractivity contribution in [3.05, 3.63) is 142 Å². The summed E-state index contributed by atoms with van der Waals surface area (Å²) in [6.45, 7) is 2.58. The van der Waals surface area contributed by atoms with Crippen LogP contribution in [0.3, 0.4) is 0 Å². The molecule has 47 heavy (non-hydrogen) atoms. The summed E-state index contributed by atoms with van der Waals surface area (Å²) in [7, 11) is 0. The van der Waals surface area contributed by atoms with E-state index < -0.39 is 5.92 Å². The van der Waals surface area contributed by atoms with E-state index >= 15 is 0 Å². The molecule has 8 nitrogen and oxygen atoms in total. The molecular weight excluding hydrogens is 582 g/mol. The van der Waals surface area contributed by atoms with E-state index in [9.17, 15) is 31.6 Å². The Balaban J connectivity index is 1.74. The molecular formula is C39H29N7O. The van der Waals surface area contributed by atoms with Crippen molar-refractivity contribution in [2.75, 3.05) is 26.3 Å². The first-order chi connectivity index (χ1) is 23.1. The number of allylic oxidation sites excluding steroid dienone is 13. The van der Waals surface area contributed by atoms with Crippen molar-refractivity contribution in [1.82, 2.24) is 4.90 Å². The molecule has 0 aromatic heterocycles. The topological polar surface area (TPSA) is 155 Å². The van der Waals surface area contributed by atoms with Crippen LogP contribution in [0.1, 0.15) is 24.0 Å². The molecule has 0 spiro atoms. The van der Waals surface area contributed by atoms with E-state index in [2.05, 4.69) is 17.0 Å². The molecule has 0 unspecified atom stereocenters. The zero-order chi connectivity index (χ0) is 33.4. The number of ether oxygens (including phenoxy) is 1. The predicted molar refractivity (Wildman–Crippen MR) is 177 cm³/mol. The maximum Gasteiger partial charge on any atom is 0.160 e. The highest BCUT2D eigenvalue weighted by Gasteiger charge is 2.25.